The summed E-state index contributed by atoms with van der Waals surface area (Å²) in [5.74, 6) is 0.141. The van der Waals surface area contributed by atoms with Gasteiger partial charge in [-0.25, -0.2) is 9.69 Å². The van der Waals surface area contributed by atoms with Crippen LogP contribution in [-0.2, 0) is 22.6 Å². The number of hydrogen-bond acceptors (Lipinski definition) is 7. The molecule has 4 heterocycles. The molecule has 2 bridgehead atoms. The minimum Gasteiger partial charge on any atom is -0.497 e. The predicted octanol–water partition coefficient (Wildman–Crippen LogP) is 2.80. The molecule has 10 heteroatoms. The first-order valence-corrected chi connectivity index (χ1v) is 13.7. The highest BCUT2D eigenvalue weighted by Gasteiger charge is 2.56. The van der Waals surface area contributed by atoms with Crippen LogP contribution in [0.25, 0.3) is 0 Å². The number of nitrogens with one attached hydrogen (secondary N) is 1. The molecule has 6 rings (SSSR count). The quantitative estimate of drug-likeness (QED) is 0.446. The summed E-state index contributed by atoms with van der Waals surface area (Å²) in [5, 5.41) is 2.48. The molecule has 2 aromatic carbocycles. The van der Waals surface area contributed by atoms with Crippen molar-refractivity contribution in [1.29, 1.82) is 0 Å². The number of aromatic nitrogens is 1. The lowest BCUT2D eigenvalue weighted by Crippen LogP contribution is -2.68. The summed E-state index contributed by atoms with van der Waals surface area (Å²) in [6.45, 7) is 1.91. The van der Waals surface area contributed by atoms with Crippen LogP contribution in [0.1, 0.15) is 23.6 Å². The van der Waals surface area contributed by atoms with Crippen molar-refractivity contribution in [2.24, 2.45) is 11.3 Å². The number of barbiturate groups is 1. The molecule has 3 aliphatic rings. The molecule has 2 fully saturated rings. The normalized spacial score (nSPS) is 24.0. The fourth-order valence-corrected chi connectivity index (χ4v) is 6.67. The number of fused-ring (bicyclic) bond motifs is 4. The monoisotopic (exact) mass is 556 g/mol. The van der Waals surface area contributed by atoms with Gasteiger partial charge in [-0.15, -0.1) is 0 Å². The van der Waals surface area contributed by atoms with E-state index in [0.717, 1.165) is 17.0 Å². The van der Waals surface area contributed by atoms with Crippen molar-refractivity contribution in [2.45, 2.75) is 25.3 Å². The Kier molecular flexibility index (Phi) is 6.86. The number of urea groups is 1. The first-order valence-electron chi connectivity index (χ1n) is 13.7. The number of hydrogen-bond donors (Lipinski definition) is 1. The molecule has 0 saturated carbocycles. The number of amides is 4. The van der Waals surface area contributed by atoms with E-state index in [4.69, 9.17) is 9.47 Å². The topological polar surface area (TPSA) is 110 Å². The van der Waals surface area contributed by atoms with E-state index in [0.29, 0.717) is 42.4 Å². The Morgan fingerprint density at radius 2 is 1.71 bits per heavy atom. The third kappa shape index (κ3) is 4.67. The van der Waals surface area contributed by atoms with E-state index in [1.165, 1.54) is 7.11 Å². The zero-order valence-electron chi connectivity index (χ0n) is 23.0. The third-order valence-corrected chi connectivity index (χ3v) is 8.52. The van der Waals surface area contributed by atoms with Crippen LogP contribution in [0, 0.1) is 11.3 Å². The molecule has 0 aliphatic carbocycles. The first kappa shape index (κ1) is 26.8. The number of pyridine rings is 1. The van der Waals surface area contributed by atoms with Crippen LogP contribution in [-0.4, -0.2) is 61.2 Å². The number of benzene rings is 2. The molecule has 2 saturated heterocycles. The van der Waals surface area contributed by atoms with Crippen LogP contribution < -0.4 is 25.2 Å². The zero-order valence-corrected chi connectivity index (χ0v) is 23.0. The Morgan fingerprint density at radius 3 is 2.46 bits per heavy atom. The van der Waals surface area contributed by atoms with Gasteiger partial charge in [-0.05, 0) is 42.2 Å². The number of rotatable bonds is 7. The molecule has 1 N–H and O–H groups in total. The molecule has 212 valence electrons. The van der Waals surface area contributed by atoms with Gasteiger partial charge in [0.2, 0.25) is 5.91 Å². The number of piperidine rings is 1. The molecule has 4 amide bonds. The SMILES string of the molecule is COc1ccc(CC2(CN3C[C@H]4C[C@@H](C3)c3cccc(=O)n3C4)C(=O)NC(=O)N(c3ccccc3)C2=O)c(OC)c1. The first-order chi connectivity index (χ1) is 19.8. The molecule has 0 radical (unpaired) electrons. The summed E-state index contributed by atoms with van der Waals surface area (Å²) in [7, 11) is 3.08. The molecule has 0 spiro atoms. The van der Waals surface area contributed by atoms with Crippen molar-refractivity contribution in [3.8, 4) is 11.5 Å². The van der Waals surface area contributed by atoms with Crippen LogP contribution in [0.3, 0.4) is 0 Å². The summed E-state index contributed by atoms with van der Waals surface area (Å²) in [6.07, 6.45) is 0.956. The molecular weight excluding hydrogens is 524 g/mol. The zero-order chi connectivity index (χ0) is 28.7. The lowest BCUT2D eigenvalue weighted by molar-refractivity contribution is -0.144. The van der Waals surface area contributed by atoms with E-state index in [1.54, 1.807) is 67.8 Å². The van der Waals surface area contributed by atoms with Crippen LogP contribution in [0.15, 0.2) is 71.5 Å². The van der Waals surface area contributed by atoms with Gasteiger partial charge in [-0.2, -0.15) is 0 Å². The Labute approximate surface area is 237 Å². The fraction of sp³-hybridized carbons (Fsp3) is 0.355. The number of anilines is 1. The average Bonchev–Trinajstić information content (AvgIpc) is 2.97. The van der Waals surface area contributed by atoms with Crippen molar-refractivity contribution in [2.75, 3.05) is 38.8 Å². The van der Waals surface area contributed by atoms with Gasteiger partial charge in [-0.1, -0.05) is 30.3 Å². The maximum absolute atomic E-state index is 14.5. The molecular formula is C31H32N4O6. The number of nitrogens with zero attached hydrogens (tertiary/aromatic N) is 3. The highest BCUT2D eigenvalue weighted by Crippen LogP contribution is 2.40. The van der Waals surface area contributed by atoms with Gasteiger partial charge in [0, 0.05) is 56.3 Å². The largest absolute Gasteiger partial charge is 0.497 e. The molecule has 41 heavy (non-hydrogen) atoms. The highest BCUT2D eigenvalue weighted by atomic mass is 16.5. The van der Waals surface area contributed by atoms with E-state index in [-0.39, 0.29) is 30.4 Å². The number of carbonyl (C=O) groups excluding carboxylic acids is 3. The fourth-order valence-electron chi connectivity index (χ4n) is 6.67. The number of ether oxygens (including phenoxy) is 2. The van der Waals surface area contributed by atoms with Gasteiger partial charge in [0.15, 0.2) is 0 Å². The Hall–Kier alpha value is -4.44. The summed E-state index contributed by atoms with van der Waals surface area (Å²) >= 11 is 0. The lowest BCUT2D eigenvalue weighted by Gasteiger charge is -2.47. The highest BCUT2D eigenvalue weighted by molar-refractivity contribution is 6.30. The minimum atomic E-state index is -1.62. The van der Waals surface area contributed by atoms with Crippen molar-refractivity contribution in [1.82, 2.24) is 14.8 Å². The van der Waals surface area contributed by atoms with Gasteiger partial charge in [0.05, 0.1) is 19.9 Å². The second-order valence-corrected chi connectivity index (χ2v) is 11.1. The molecule has 3 atom stereocenters. The maximum atomic E-state index is 14.5. The van der Waals surface area contributed by atoms with E-state index in [1.807, 2.05) is 10.6 Å². The summed E-state index contributed by atoms with van der Waals surface area (Å²) in [6, 6.07) is 18.5. The Morgan fingerprint density at radius 1 is 0.902 bits per heavy atom. The van der Waals surface area contributed by atoms with Gasteiger partial charge < -0.3 is 18.9 Å². The van der Waals surface area contributed by atoms with Crippen LogP contribution in [0.2, 0.25) is 0 Å². The summed E-state index contributed by atoms with van der Waals surface area (Å²) < 4.78 is 12.8. The summed E-state index contributed by atoms with van der Waals surface area (Å²) in [5.41, 5.74) is 0.385. The maximum Gasteiger partial charge on any atom is 0.335 e. The van der Waals surface area contributed by atoms with Gasteiger partial charge in [0.25, 0.3) is 11.5 Å². The van der Waals surface area contributed by atoms with Gasteiger partial charge >= 0.3 is 6.03 Å². The van der Waals surface area contributed by atoms with E-state index in [9.17, 15) is 19.2 Å². The minimum absolute atomic E-state index is 0.00688. The number of carbonyl (C=O) groups is 3. The van der Waals surface area contributed by atoms with E-state index in [2.05, 4.69) is 10.2 Å². The van der Waals surface area contributed by atoms with Gasteiger partial charge in [0.1, 0.15) is 16.9 Å². The van der Waals surface area contributed by atoms with Crippen LogP contribution >= 0.6 is 0 Å². The van der Waals surface area contributed by atoms with Crippen molar-refractivity contribution < 1.29 is 23.9 Å². The average molecular weight is 557 g/mol. The Balaban J connectivity index is 1.41. The Bertz CT molecular complexity index is 1570. The third-order valence-electron chi connectivity index (χ3n) is 8.52. The van der Waals surface area contributed by atoms with Gasteiger partial charge in [-0.3, -0.25) is 19.7 Å². The smallest absolute Gasteiger partial charge is 0.335 e. The van der Waals surface area contributed by atoms with E-state index < -0.39 is 23.3 Å². The number of methoxy groups -OCH3 is 2. The lowest BCUT2D eigenvalue weighted by atomic mass is 9.75. The predicted molar refractivity (Wildman–Crippen MR) is 151 cm³/mol. The van der Waals surface area contributed by atoms with Crippen molar-refractivity contribution >= 4 is 23.5 Å². The van der Waals surface area contributed by atoms with Crippen molar-refractivity contribution in [3.63, 3.8) is 0 Å². The van der Waals surface area contributed by atoms with Crippen LogP contribution in [0.5, 0.6) is 11.5 Å². The molecule has 1 aromatic heterocycles. The van der Waals surface area contributed by atoms with E-state index >= 15 is 0 Å². The second-order valence-electron chi connectivity index (χ2n) is 11.1. The molecule has 10 nitrogen and oxygen atoms in total. The molecule has 1 unspecified atom stereocenters. The van der Waals surface area contributed by atoms with Crippen molar-refractivity contribution in [3.05, 3.63) is 88.3 Å². The number of para-hydroxylation sites is 1. The molecule has 3 aliphatic heterocycles. The summed E-state index contributed by atoms with van der Waals surface area (Å²) in [4.78, 5) is 57.2. The number of likely N-dealkylation sites (tertiary alicyclic amines) is 1. The standard InChI is InChI=1S/C31H32N4O6/c1-40-24-12-11-21(26(14-24)41-2)15-31(28(37)32-30(39)35(29(31)38)23-7-4-3-5-8-23)19-33-16-20-13-22(18-33)25-9-6-10-27(36)34(25)17-20/h3-12,14,20,22H,13,15-19H2,1-2H3,(H,32,37,39)/t20-,22+,31?/m1/s1. The van der Waals surface area contributed by atoms with Crippen LogP contribution in [0.4, 0.5) is 10.5 Å². The second kappa shape index (κ2) is 10.5. The molecule has 3 aromatic rings. The number of imide groups is 2.